The number of aromatic nitrogens is 2. The van der Waals surface area contributed by atoms with Gasteiger partial charge in [-0.05, 0) is 60.0 Å². The van der Waals surface area contributed by atoms with E-state index in [-0.39, 0.29) is 12.2 Å². The number of ether oxygens (including phenoxy) is 1. The van der Waals surface area contributed by atoms with Gasteiger partial charge >= 0.3 is 5.97 Å². The smallest absolute Gasteiger partial charge is 0.307 e. The molecule has 36 heavy (non-hydrogen) atoms. The molecule has 184 valence electrons. The number of aliphatic carboxylic acids is 1. The van der Waals surface area contributed by atoms with E-state index in [4.69, 9.17) is 9.15 Å². The Morgan fingerprint density at radius 1 is 1.14 bits per heavy atom. The molecular weight excluding hydrogens is 461 g/mol. The van der Waals surface area contributed by atoms with E-state index in [2.05, 4.69) is 4.98 Å². The highest BCUT2D eigenvalue weighted by Gasteiger charge is 2.14. The maximum Gasteiger partial charge on any atom is 0.307 e. The Kier molecular flexibility index (Phi) is 6.58. The first-order valence-electron chi connectivity index (χ1n) is 11.7. The number of hydrogen-bond donors (Lipinski definition) is 1. The monoisotopic (exact) mass is 487 g/mol. The van der Waals surface area contributed by atoms with Crippen molar-refractivity contribution in [3.8, 4) is 5.75 Å². The zero-order valence-corrected chi connectivity index (χ0v) is 19.9. The number of fused-ring (bicyclic) bond motifs is 2. The fourth-order valence-corrected chi connectivity index (χ4v) is 4.27. The summed E-state index contributed by atoms with van der Waals surface area (Å²) in [5.74, 6) is -0.507. The molecule has 0 saturated heterocycles. The van der Waals surface area contributed by atoms with E-state index in [1.54, 1.807) is 12.1 Å². The van der Waals surface area contributed by atoms with Crippen LogP contribution in [0.4, 0.5) is 10.4 Å². The number of nitrogens with zero attached hydrogens (tertiary/aromatic N) is 3. The Labute approximate surface area is 207 Å². The number of anilines is 1. The van der Waals surface area contributed by atoms with Crippen LogP contribution in [0.1, 0.15) is 17.5 Å². The highest BCUT2D eigenvalue weighted by Crippen LogP contribution is 2.28. The molecule has 5 rings (SSSR count). The summed E-state index contributed by atoms with van der Waals surface area (Å²) in [5.41, 5.74) is 4.12. The molecule has 0 radical (unpaired) electrons. The second-order valence-corrected chi connectivity index (χ2v) is 8.75. The van der Waals surface area contributed by atoms with Crippen molar-refractivity contribution in [1.82, 2.24) is 9.55 Å². The molecule has 0 aliphatic rings. The minimum atomic E-state index is -0.899. The van der Waals surface area contributed by atoms with Crippen LogP contribution in [0, 0.1) is 5.82 Å². The van der Waals surface area contributed by atoms with Crippen LogP contribution in [0.25, 0.3) is 22.0 Å². The molecule has 1 N–H and O–H groups in total. The van der Waals surface area contributed by atoms with E-state index in [0.29, 0.717) is 37.0 Å². The van der Waals surface area contributed by atoms with Crippen molar-refractivity contribution in [3.63, 3.8) is 0 Å². The number of oxazole rings is 1. The van der Waals surface area contributed by atoms with E-state index in [1.165, 1.54) is 12.1 Å². The van der Waals surface area contributed by atoms with E-state index in [9.17, 15) is 14.3 Å². The molecule has 0 aliphatic carbocycles. The first-order valence-corrected chi connectivity index (χ1v) is 11.7. The Morgan fingerprint density at radius 3 is 2.72 bits per heavy atom. The molecule has 0 amide bonds. The number of carboxylic acids is 1. The summed E-state index contributed by atoms with van der Waals surface area (Å²) in [6, 6.07) is 20.2. The summed E-state index contributed by atoms with van der Waals surface area (Å²) < 4.78 is 27.0. The van der Waals surface area contributed by atoms with Gasteiger partial charge in [0.25, 0.3) is 6.01 Å². The van der Waals surface area contributed by atoms with E-state index in [0.717, 1.165) is 34.0 Å². The highest BCUT2D eigenvalue weighted by molar-refractivity contribution is 5.88. The van der Waals surface area contributed by atoms with Gasteiger partial charge in [-0.15, -0.1) is 0 Å². The Morgan fingerprint density at radius 2 is 1.94 bits per heavy atom. The summed E-state index contributed by atoms with van der Waals surface area (Å²) >= 11 is 0. The van der Waals surface area contributed by atoms with Gasteiger partial charge in [0.15, 0.2) is 5.58 Å². The lowest BCUT2D eigenvalue weighted by atomic mass is 10.1. The molecule has 0 aliphatic heterocycles. The fourth-order valence-electron chi connectivity index (χ4n) is 4.27. The molecule has 3 aromatic carbocycles. The van der Waals surface area contributed by atoms with E-state index in [1.807, 2.05) is 65.2 Å². The van der Waals surface area contributed by atoms with Gasteiger partial charge in [0.2, 0.25) is 0 Å². The molecular formula is C28H26FN3O4. The molecule has 5 aromatic rings. The third kappa shape index (κ3) is 5.17. The SMILES string of the molecule is CN(CCCOc1ccc2c(c1)c(CC(=O)O)cn2Cc1ccc(F)cc1)c1nc2ccccc2o1. The van der Waals surface area contributed by atoms with Crippen molar-refractivity contribution in [2.45, 2.75) is 19.4 Å². The van der Waals surface area contributed by atoms with E-state index < -0.39 is 5.97 Å². The molecule has 0 spiro atoms. The zero-order valence-electron chi connectivity index (χ0n) is 19.9. The minimum Gasteiger partial charge on any atom is -0.494 e. The topological polar surface area (TPSA) is 80.7 Å². The lowest BCUT2D eigenvalue weighted by Crippen LogP contribution is -2.20. The molecule has 0 bridgehead atoms. The van der Waals surface area contributed by atoms with Gasteiger partial charge in [-0.25, -0.2) is 4.39 Å². The number of benzene rings is 3. The number of halogens is 1. The van der Waals surface area contributed by atoms with Crippen LogP contribution in [0.5, 0.6) is 5.75 Å². The molecule has 0 atom stereocenters. The third-order valence-corrected chi connectivity index (χ3v) is 6.06. The second-order valence-electron chi connectivity index (χ2n) is 8.75. The zero-order chi connectivity index (χ0) is 25.1. The average molecular weight is 488 g/mol. The van der Waals surface area contributed by atoms with Crippen LogP contribution in [0.2, 0.25) is 0 Å². The number of para-hydroxylation sites is 2. The van der Waals surface area contributed by atoms with Crippen molar-refractivity contribution in [2.24, 2.45) is 0 Å². The standard InChI is InChI=1S/C28H26FN3O4/c1-31(28-30-24-5-2-3-6-26(24)36-28)13-4-14-35-22-11-12-25-23(16-22)20(15-27(33)34)18-32(25)17-19-7-9-21(29)10-8-19/h2-3,5-12,16,18H,4,13-15,17H2,1H3,(H,33,34). The molecule has 8 heteroatoms. The number of hydrogen-bond acceptors (Lipinski definition) is 5. The molecule has 0 unspecified atom stereocenters. The molecule has 2 aromatic heterocycles. The van der Waals surface area contributed by atoms with Crippen LogP contribution in [-0.2, 0) is 17.8 Å². The van der Waals surface area contributed by atoms with Crippen LogP contribution < -0.4 is 9.64 Å². The van der Waals surface area contributed by atoms with Gasteiger partial charge < -0.3 is 23.7 Å². The van der Waals surface area contributed by atoms with Gasteiger partial charge in [-0.1, -0.05) is 24.3 Å². The summed E-state index contributed by atoms with van der Waals surface area (Å²) in [4.78, 5) is 17.9. The summed E-state index contributed by atoms with van der Waals surface area (Å²) in [7, 11) is 1.93. The first-order chi connectivity index (χ1) is 17.5. The van der Waals surface area contributed by atoms with Gasteiger partial charge in [-0.3, -0.25) is 4.79 Å². The van der Waals surface area contributed by atoms with Crippen LogP contribution in [-0.4, -0.2) is 40.8 Å². The van der Waals surface area contributed by atoms with Gasteiger partial charge in [-0.2, -0.15) is 4.98 Å². The van der Waals surface area contributed by atoms with Gasteiger partial charge in [0, 0.05) is 37.2 Å². The largest absolute Gasteiger partial charge is 0.494 e. The number of carboxylic acid groups (broad SMARTS) is 1. The van der Waals surface area contributed by atoms with Crippen molar-refractivity contribution >= 4 is 34.0 Å². The maximum atomic E-state index is 13.3. The molecule has 2 heterocycles. The second kappa shape index (κ2) is 10.1. The average Bonchev–Trinajstić information content (AvgIpc) is 3.44. The summed E-state index contributed by atoms with van der Waals surface area (Å²) in [6.45, 7) is 1.70. The van der Waals surface area contributed by atoms with Crippen LogP contribution >= 0.6 is 0 Å². The Hall–Kier alpha value is -4.33. The Balaban J connectivity index is 1.26. The quantitative estimate of drug-likeness (QED) is 0.262. The van der Waals surface area contributed by atoms with Crippen molar-refractivity contribution in [2.75, 3.05) is 25.1 Å². The predicted molar refractivity (Wildman–Crippen MR) is 136 cm³/mol. The predicted octanol–water partition coefficient (Wildman–Crippen LogP) is 5.50. The van der Waals surface area contributed by atoms with E-state index >= 15 is 0 Å². The number of rotatable bonds is 10. The Bertz CT molecular complexity index is 1470. The minimum absolute atomic E-state index is 0.0916. The van der Waals surface area contributed by atoms with Gasteiger partial charge in [0.1, 0.15) is 17.1 Å². The fraction of sp³-hybridized carbons (Fsp3) is 0.214. The first kappa shape index (κ1) is 23.4. The lowest BCUT2D eigenvalue weighted by Gasteiger charge is -2.14. The normalized spacial score (nSPS) is 11.3. The highest BCUT2D eigenvalue weighted by atomic mass is 19.1. The lowest BCUT2D eigenvalue weighted by molar-refractivity contribution is -0.136. The van der Waals surface area contributed by atoms with Gasteiger partial charge in [0.05, 0.1) is 13.0 Å². The van der Waals surface area contributed by atoms with Crippen LogP contribution in [0.3, 0.4) is 0 Å². The third-order valence-electron chi connectivity index (χ3n) is 6.06. The summed E-state index contributed by atoms with van der Waals surface area (Å²) in [6.07, 6.45) is 2.51. The van der Waals surface area contributed by atoms with Crippen molar-refractivity contribution in [1.29, 1.82) is 0 Å². The molecule has 7 nitrogen and oxygen atoms in total. The van der Waals surface area contributed by atoms with Crippen molar-refractivity contribution < 1.29 is 23.4 Å². The summed E-state index contributed by atoms with van der Waals surface area (Å²) in [5, 5.41) is 10.2. The van der Waals surface area contributed by atoms with Crippen molar-refractivity contribution in [3.05, 3.63) is 89.9 Å². The maximum absolute atomic E-state index is 13.3. The number of carbonyl (C=O) groups is 1. The molecule has 0 fully saturated rings. The molecule has 0 saturated carbocycles. The van der Waals surface area contributed by atoms with Crippen LogP contribution in [0.15, 0.2) is 77.3 Å².